The van der Waals surface area contributed by atoms with E-state index in [1.54, 1.807) is 0 Å². The van der Waals surface area contributed by atoms with E-state index in [0.29, 0.717) is 37.9 Å². The summed E-state index contributed by atoms with van der Waals surface area (Å²) in [6.45, 7) is 9.09. The molecule has 3 aliphatic rings. The molecule has 172 valence electrons. The van der Waals surface area contributed by atoms with Crippen molar-refractivity contribution < 1.29 is 14.3 Å². The van der Waals surface area contributed by atoms with E-state index in [1.807, 2.05) is 34.1 Å². The summed E-state index contributed by atoms with van der Waals surface area (Å²) in [5.74, 6) is 1.38. The van der Waals surface area contributed by atoms with Crippen molar-refractivity contribution in [1.82, 2.24) is 19.7 Å². The maximum Gasteiger partial charge on any atom is 0.270 e. The molecule has 32 heavy (non-hydrogen) atoms. The molecule has 2 aromatic rings. The highest BCUT2D eigenvalue weighted by molar-refractivity contribution is 5.98. The zero-order valence-electron chi connectivity index (χ0n) is 19.2. The number of fused-ring (bicyclic) bond motifs is 1. The number of benzene rings is 1. The van der Waals surface area contributed by atoms with Crippen molar-refractivity contribution in [2.24, 2.45) is 5.92 Å². The van der Waals surface area contributed by atoms with Crippen LogP contribution in [0.1, 0.15) is 50.0 Å². The normalized spacial score (nSPS) is 20.8. The number of piperidine rings is 1. The van der Waals surface area contributed by atoms with Gasteiger partial charge in [0.2, 0.25) is 5.91 Å². The number of aromatic nitrogens is 1. The van der Waals surface area contributed by atoms with E-state index in [1.165, 1.54) is 0 Å². The second kappa shape index (κ2) is 8.77. The average molecular weight is 439 g/mol. The van der Waals surface area contributed by atoms with Crippen LogP contribution >= 0.6 is 0 Å². The van der Waals surface area contributed by atoms with Gasteiger partial charge in [-0.05, 0) is 63.8 Å². The molecule has 7 heteroatoms. The first-order valence-electron chi connectivity index (χ1n) is 12.1. The first kappa shape index (κ1) is 21.3. The average Bonchev–Trinajstić information content (AvgIpc) is 3.57. The number of hydrogen-bond donors (Lipinski definition) is 1. The van der Waals surface area contributed by atoms with E-state index in [-0.39, 0.29) is 23.8 Å². The van der Waals surface area contributed by atoms with Crippen LogP contribution in [0.25, 0.3) is 10.9 Å². The quantitative estimate of drug-likeness (QED) is 0.779. The van der Waals surface area contributed by atoms with Crippen LogP contribution in [0.4, 0.5) is 0 Å². The SMILES string of the molecule is CC(C)N1CCC(Oc2ccc3[nH]c(C(=O)N4CCN(C(=O)C5CC5)CC4)cc3c2)CC1. The Morgan fingerprint density at radius 1 is 0.938 bits per heavy atom. The summed E-state index contributed by atoms with van der Waals surface area (Å²) in [5.41, 5.74) is 1.54. The first-order valence-corrected chi connectivity index (χ1v) is 12.1. The number of carbonyl (C=O) groups excluding carboxylic acids is 2. The van der Waals surface area contributed by atoms with E-state index in [0.717, 1.165) is 55.4 Å². The van der Waals surface area contributed by atoms with Crippen molar-refractivity contribution >= 4 is 22.7 Å². The number of likely N-dealkylation sites (tertiary alicyclic amines) is 1. The van der Waals surface area contributed by atoms with Crippen molar-refractivity contribution in [3.05, 3.63) is 30.0 Å². The lowest BCUT2D eigenvalue weighted by molar-refractivity contribution is -0.134. The summed E-state index contributed by atoms with van der Waals surface area (Å²) in [5, 5.41) is 0.994. The van der Waals surface area contributed by atoms with Crippen molar-refractivity contribution in [2.45, 2.75) is 51.7 Å². The molecule has 0 radical (unpaired) electrons. The Kier molecular flexibility index (Phi) is 5.84. The van der Waals surface area contributed by atoms with E-state index in [2.05, 4.69) is 23.7 Å². The molecule has 0 atom stereocenters. The van der Waals surface area contributed by atoms with Gasteiger partial charge in [0, 0.05) is 62.1 Å². The van der Waals surface area contributed by atoms with Crippen LogP contribution in [0.2, 0.25) is 0 Å². The van der Waals surface area contributed by atoms with Crippen LogP contribution in [-0.2, 0) is 4.79 Å². The van der Waals surface area contributed by atoms with Crippen LogP contribution in [0, 0.1) is 5.92 Å². The minimum Gasteiger partial charge on any atom is -0.490 e. The molecule has 0 bridgehead atoms. The number of hydrogen-bond acceptors (Lipinski definition) is 4. The van der Waals surface area contributed by atoms with Crippen molar-refractivity contribution in [2.75, 3.05) is 39.3 Å². The van der Waals surface area contributed by atoms with Gasteiger partial charge in [0.25, 0.3) is 5.91 Å². The molecule has 0 spiro atoms. The highest BCUT2D eigenvalue weighted by atomic mass is 16.5. The van der Waals surface area contributed by atoms with Gasteiger partial charge in [-0.15, -0.1) is 0 Å². The van der Waals surface area contributed by atoms with Crippen LogP contribution in [0.5, 0.6) is 5.75 Å². The summed E-state index contributed by atoms with van der Waals surface area (Å²) in [7, 11) is 0. The maximum atomic E-state index is 13.0. The minimum atomic E-state index is 0.00301. The van der Waals surface area contributed by atoms with Crippen LogP contribution in [-0.4, -0.2) is 82.9 Å². The topological polar surface area (TPSA) is 68.9 Å². The molecule has 1 aromatic heterocycles. The highest BCUT2D eigenvalue weighted by Crippen LogP contribution is 2.31. The molecule has 2 aliphatic heterocycles. The summed E-state index contributed by atoms with van der Waals surface area (Å²) in [4.78, 5) is 34.8. The molecule has 5 rings (SSSR count). The van der Waals surface area contributed by atoms with Gasteiger partial charge in [-0.3, -0.25) is 9.59 Å². The Balaban J connectivity index is 1.19. The van der Waals surface area contributed by atoms with E-state index in [9.17, 15) is 9.59 Å². The Morgan fingerprint density at radius 3 is 2.28 bits per heavy atom. The number of H-pyrrole nitrogens is 1. The predicted octanol–water partition coefficient (Wildman–Crippen LogP) is 3.11. The zero-order valence-corrected chi connectivity index (χ0v) is 19.2. The number of nitrogens with zero attached hydrogens (tertiary/aromatic N) is 3. The van der Waals surface area contributed by atoms with Gasteiger partial charge in [-0.25, -0.2) is 0 Å². The van der Waals surface area contributed by atoms with Gasteiger partial charge in [-0.1, -0.05) is 0 Å². The van der Waals surface area contributed by atoms with Gasteiger partial charge in [0.05, 0.1) is 0 Å². The number of rotatable bonds is 5. The van der Waals surface area contributed by atoms with E-state index in [4.69, 9.17) is 4.74 Å². The highest BCUT2D eigenvalue weighted by Gasteiger charge is 2.35. The summed E-state index contributed by atoms with van der Waals surface area (Å²) in [6.07, 6.45) is 4.38. The van der Waals surface area contributed by atoms with E-state index >= 15 is 0 Å². The maximum absolute atomic E-state index is 13.0. The van der Waals surface area contributed by atoms with Crippen LogP contribution < -0.4 is 4.74 Å². The smallest absolute Gasteiger partial charge is 0.270 e. The Bertz CT molecular complexity index is 980. The standard InChI is InChI=1S/C25H34N4O3/c1-17(2)27-9-7-20(8-10-27)32-21-5-6-22-19(15-21)16-23(26-22)25(31)29-13-11-28(12-14-29)24(30)18-3-4-18/h5-6,15-18,20,26H,3-4,7-14H2,1-2H3. The van der Waals surface area contributed by atoms with Gasteiger partial charge in [0.15, 0.2) is 0 Å². The Morgan fingerprint density at radius 2 is 1.62 bits per heavy atom. The lowest BCUT2D eigenvalue weighted by Gasteiger charge is -2.34. The van der Waals surface area contributed by atoms with Gasteiger partial charge in [-0.2, -0.15) is 0 Å². The first-order chi connectivity index (χ1) is 15.5. The summed E-state index contributed by atoms with van der Waals surface area (Å²) in [6, 6.07) is 8.53. The monoisotopic (exact) mass is 438 g/mol. The molecule has 2 saturated heterocycles. The molecule has 3 heterocycles. The number of carbonyl (C=O) groups is 2. The fourth-order valence-electron chi connectivity index (χ4n) is 4.89. The minimum absolute atomic E-state index is 0.00301. The molecule has 2 amide bonds. The third-order valence-corrected chi connectivity index (χ3v) is 7.14. The fraction of sp³-hybridized carbons (Fsp3) is 0.600. The molecular weight excluding hydrogens is 404 g/mol. The third-order valence-electron chi connectivity index (χ3n) is 7.14. The van der Waals surface area contributed by atoms with Gasteiger partial charge < -0.3 is 24.4 Å². The Hall–Kier alpha value is -2.54. The second-order valence-corrected chi connectivity index (χ2v) is 9.77. The molecule has 1 aliphatic carbocycles. The Labute approximate surface area is 189 Å². The van der Waals surface area contributed by atoms with Crippen molar-refractivity contribution in [1.29, 1.82) is 0 Å². The molecule has 0 unspecified atom stereocenters. The molecule has 1 saturated carbocycles. The zero-order chi connectivity index (χ0) is 22.2. The number of ether oxygens (including phenoxy) is 1. The van der Waals surface area contributed by atoms with Crippen molar-refractivity contribution in [3.63, 3.8) is 0 Å². The van der Waals surface area contributed by atoms with Crippen LogP contribution in [0.15, 0.2) is 24.3 Å². The number of piperazine rings is 1. The summed E-state index contributed by atoms with van der Waals surface area (Å²) >= 11 is 0. The van der Waals surface area contributed by atoms with Crippen molar-refractivity contribution in [3.8, 4) is 5.75 Å². The molecule has 1 N–H and O–H groups in total. The molecule has 3 fully saturated rings. The van der Waals surface area contributed by atoms with Gasteiger partial charge in [0.1, 0.15) is 17.5 Å². The largest absolute Gasteiger partial charge is 0.490 e. The summed E-state index contributed by atoms with van der Waals surface area (Å²) < 4.78 is 6.26. The predicted molar refractivity (Wildman–Crippen MR) is 124 cm³/mol. The number of nitrogens with one attached hydrogen (secondary N) is 1. The second-order valence-electron chi connectivity index (χ2n) is 9.77. The third kappa shape index (κ3) is 4.49. The van der Waals surface area contributed by atoms with Crippen LogP contribution in [0.3, 0.4) is 0 Å². The van der Waals surface area contributed by atoms with Gasteiger partial charge >= 0.3 is 0 Å². The molecule has 7 nitrogen and oxygen atoms in total. The number of aromatic amines is 1. The fourth-order valence-corrected chi connectivity index (χ4v) is 4.89. The lowest BCUT2D eigenvalue weighted by Crippen LogP contribution is -2.51. The lowest BCUT2D eigenvalue weighted by atomic mass is 10.1. The molecular formula is C25H34N4O3. The van der Waals surface area contributed by atoms with E-state index < -0.39 is 0 Å². The molecule has 1 aromatic carbocycles. The number of amides is 2.